The maximum Gasteiger partial charge on any atom is 0.220 e. The van der Waals surface area contributed by atoms with Gasteiger partial charge in [0.15, 0.2) is 0 Å². The molecule has 0 bridgehead atoms. The van der Waals surface area contributed by atoms with E-state index in [1.54, 1.807) is 13.1 Å². The maximum absolute atomic E-state index is 10.7. The van der Waals surface area contributed by atoms with Gasteiger partial charge in [-0.2, -0.15) is 0 Å². The Labute approximate surface area is 71.6 Å². The number of carbonyl (C=O) groups is 1. The number of carbonyl (C=O) groups excluding carboxylic acids is 1. The molecule has 1 heterocycles. The van der Waals surface area contributed by atoms with Crippen LogP contribution >= 0.6 is 0 Å². The fraction of sp³-hybridized carbons (Fsp3) is 0.333. The topological polar surface area (TPSA) is 56.0 Å². The third-order valence-corrected chi connectivity index (χ3v) is 1.73. The number of nitrogens with two attached hydrogens (primary N) is 1. The number of hydrogen-bond acceptors (Lipinski definition) is 2. The van der Waals surface area contributed by atoms with Crippen molar-refractivity contribution >= 4 is 5.91 Å². The molecule has 0 spiro atoms. The lowest BCUT2D eigenvalue weighted by molar-refractivity contribution is -0.121. The van der Waals surface area contributed by atoms with Crippen LogP contribution in [0.2, 0.25) is 0 Å². The maximum atomic E-state index is 10.7. The number of amides is 1. The van der Waals surface area contributed by atoms with Gasteiger partial charge in [-0.25, -0.2) is 0 Å². The first-order chi connectivity index (χ1) is 5.70. The van der Waals surface area contributed by atoms with Crippen LogP contribution in [0.3, 0.4) is 0 Å². The number of aromatic nitrogens is 1. The normalized spacial score (nSPS) is 12.4. The second-order valence-corrected chi connectivity index (χ2v) is 2.83. The second kappa shape index (κ2) is 3.85. The van der Waals surface area contributed by atoms with Crippen molar-refractivity contribution in [2.45, 2.75) is 13.3 Å². The van der Waals surface area contributed by atoms with Crippen LogP contribution in [0.25, 0.3) is 0 Å². The highest BCUT2D eigenvalue weighted by Gasteiger charge is 2.09. The third-order valence-electron chi connectivity index (χ3n) is 1.73. The number of nitrogens with zero attached hydrogens (tertiary/aromatic N) is 1. The van der Waals surface area contributed by atoms with Crippen molar-refractivity contribution in [1.29, 1.82) is 0 Å². The lowest BCUT2D eigenvalue weighted by Crippen LogP contribution is -2.22. The van der Waals surface area contributed by atoms with Crippen LogP contribution in [0.15, 0.2) is 24.4 Å². The molecule has 0 saturated heterocycles. The molecule has 2 N–H and O–H groups in total. The number of hydrogen-bond donors (Lipinski definition) is 1. The molecule has 1 aromatic rings. The van der Waals surface area contributed by atoms with Crippen LogP contribution in [0, 0.1) is 5.92 Å². The molecule has 0 aromatic carbocycles. The van der Waals surface area contributed by atoms with Gasteiger partial charge >= 0.3 is 0 Å². The summed E-state index contributed by atoms with van der Waals surface area (Å²) in [6.07, 6.45) is 2.33. The van der Waals surface area contributed by atoms with Gasteiger partial charge in [-0.15, -0.1) is 0 Å². The van der Waals surface area contributed by atoms with Gasteiger partial charge in [-0.05, 0) is 12.1 Å². The zero-order valence-electron chi connectivity index (χ0n) is 7.03. The molecule has 1 atom stereocenters. The highest BCUT2D eigenvalue weighted by Crippen LogP contribution is 2.03. The van der Waals surface area contributed by atoms with E-state index in [1.165, 1.54) is 0 Å². The van der Waals surface area contributed by atoms with Crippen molar-refractivity contribution in [1.82, 2.24) is 4.98 Å². The van der Waals surface area contributed by atoms with Crippen LogP contribution in [0.5, 0.6) is 0 Å². The van der Waals surface area contributed by atoms with Gasteiger partial charge in [0, 0.05) is 24.2 Å². The van der Waals surface area contributed by atoms with Gasteiger partial charge in [0.25, 0.3) is 0 Å². The first kappa shape index (κ1) is 8.71. The number of primary amides is 1. The Hall–Kier alpha value is -1.38. The van der Waals surface area contributed by atoms with Crippen LogP contribution in [-0.4, -0.2) is 10.9 Å². The summed E-state index contributed by atoms with van der Waals surface area (Å²) in [5.74, 6) is -0.416. The fourth-order valence-electron chi connectivity index (χ4n) is 0.933. The van der Waals surface area contributed by atoms with Crippen molar-refractivity contribution < 1.29 is 4.79 Å². The molecule has 1 aromatic heterocycles. The highest BCUT2D eigenvalue weighted by atomic mass is 16.1. The van der Waals surface area contributed by atoms with Gasteiger partial charge in [0.2, 0.25) is 5.91 Å². The van der Waals surface area contributed by atoms with Crippen molar-refractivity contribution in [2.24, 2.45) is 11.7 Å². The van der Waals surface area contributed by atoms with Gasteiger partial charge in [-0.1, -0.05) is 13.0 Å². The third kappa shape index (κ3) is 2.34. The van der Waals surface area contributed by atoms with E-state index in [-0.39, 0.29) is 11.8 Å². The summed E-state index contributed by atoms with van der Waals surface area (Å²) in [6.45, 7) is 1.80. The predicted octanol–water partition coefficient (Wildman–Crippen LogP) is 0.745. The summed E-state index contributed by atoms with van der Waals surface area (Å²) in [5.41, 5.74) is 6.02. The molecule has 0 unspecified atom stereocenters. The molecule has 0 fully saturated rings. The summed E-state index contributed by atoms with van der Waals surface area (Å²) in [7, 11) is 0. The highest BCUT2D eigenvalue weighted by molar-refractivity contribution is 5.76. The van der Waals surface area contributed by atoms with Gasteiger partial charge in [0.1, 0.15) is 0 Å². The second-order valence-electron chi connectivity index (χ2n) is 2.83. The number of rotatable bonds is 3. The lowest BCUT2D eigenvalue weighted by Gasteiger charge is -2.04. The molecular formula is C9H12N2O. The Morgan fingerprint density at radius 3 is 2.92 bits per heavy atom. The Bertz CT molecular complexity index is 258. The van der Waals surface area contributed by atoms with E-state index in [9.17, 15) is 4.79 Å². The van der Waals surface area contributed by atoms with Crippen LogP contribution in [0.1, 0.15) is 12.6 Å². The molecule has 1 rings (SSSR count). The Morgan fingerprint density at radius 2 is 2.42 bits per heavy atom. The minimum atomic E-state index is -0.277. The summed E-state index contributed by atoms with van der Waals surface area (Å²) < 4.78 is 0. The Kier molecular flexibility index (Phi) is 2.80. The van der Waals surface area contributed by atoms with Gasteiger partial charge in [0.05, 0.1) is 0 Å². The zero-order valence-corrected chi connectivity index (χ0v) is 7.03. The van der Waals surface area contributed by atoms with Crippen LogP contribution in [-0.2, 0) is 11.2 Å². The van der Waals surface area contributed by atoms with Gasteiger partial charge in [-0.3, -0.25) is 9.78 Å². The minimum Gasteiger partial charge on any atom is -0.369 e. The quantitative estimate of drug-likeness (QED) is 0.716. The van der Waals surface area contributed by atoms with E-state index >= 15 is 0 Å². The van der Waals surface area contributed by atoms with Crippen molar-refractivity contribution in [2.75, 3.05) is 0 Å². The largest absolute Gasteiger partial charge is 0.369 e. The molecule has 0 aliphatic carbocycles. The van der Waals surface area contributed by atoms with Crippen LogP contribution in [0.4, 0.5) is 0 Å². The Balaban J connectivity index is 2.58. The lowest BCUT2D eigenvalue weighted by atomic mass is 10.1. The summed E-state index contributed by atoms with van der Waals surface area (Å²) in [5, 5.41) is 0. The molecule has 0 aliphatic heterocycles. The molecule has 0 saturated carbocycles. The standard InChI is InChI=1S/C9H12N2O/c1-7(9(10)12)6-8-4-2-3-5-11-8/h2-5,7H,6H2,1H3,(H2,10,12)/t7-/m1/s1. The average Bonchev–Trinajstić information content (AvgIpc) is 2.06. The SMILES string of the molecule is C[C@H](Cc1ccccn1)C(N)=O. The minimum absolute atomic E-state index is 0.139. The first-order valence-electron chi connectivity index (χ1n) is 3.89. The molecule has 64 valence electrons. The van der Waals surface area contributed by atoms with E-state index in [0.29, 0.717) is 6.42 Å². The van der Waals surface area contributed by atoms with Crippen molar-refractivity contribution in [3.63, 3.8) is 0 Å². The summed E-state index contributed by atoms with van der Waals surface area (Å²) >= 11 is 0. The van der Waals surface area contributed by atoms with E-state index in [1.807, 2.05) is 18.2 Å². The zero-order chi connectivity index (χ0) is 8.97. The van der Waals surface area contributed by atoms with E-state index in [4.69, 9.17) is 5.73 Å². The molecule has 0 radical (unpaired) electrons. The number of pyridine rings is 1. The molecule has 3 heteroatoms. The van der Waals surface area contributed by atoms with E-state index < -0.39 is 0 Å². The Morgan fingerprint density at radius 1 is 1.67 bits per heavy atom. The predicted molar refractivity (Wildman–Crippen MR) is 46.3 cm³/mol. The van der Waals surface area contributed by atoms with Crippen LogP contribution < -0.4 is 5.73 Å². The van der Waals surface area contributed by atoms with Gasteiger partial charge < -0.3 is 5.73 Å². The summed E-state index contributed by atoms with van der Waals surface area (Å²) in [6, 6.07) is 5.63. The van der Waals surface area contributed by atoms with Crippen molar-refractivity contribution in [3.8, 4) is 0 Å². The molecule has 0 aliphatic rings. The average molecular weight is 164 g/mol. The molecule has 12 heavy (non-hydrogen) atoms. The monoisotopic (exact) mass is 164 g/mol. The molecular weight excluding hydrogens is 152 g/mol. The first-order valence-corrected chi connectivity index (χ1v) is 3.89. The summed E-state index contributed by atoms with van der Waals surface area (Å²) in [4.78, 5) is 14.8. The molecule has 3 nitrogen and oxygen atoms in total. The van der Waals surface area contributed by atoms with E-state index in [2.05, 4.69) is 4.98 Å². The fourth-order valence-corrected chi connectivity index (χ4v) is 0.933. The van der Waals surface area contributed by atoms with E-state index in [0.717, 1.165) is 5.69 Å². The molecule has 1 amide bonds. The smallest absolute Gasteiger partial charge is 0.220 e. The van der Waals surface area contributed by atoms with Crippen molar-refractivity contribution in [3.05, 3.63) is 30.1 Å².